The number of fused-ring (bicyclic) bond motifs is 1. The Bertz CT molecular complexity index is 538. The van der Waals surface area contributed by atoms with Gasteiger partial charge in [0.1, 0.15) is 6.54 Å². The Morgan fingerprint density at radius 3 is 3.13 bits per heavy atom. The first-order valence-electron chi connectivity index (χ1n) is 4.39. The zero-order valence-electron chi connectivity index (χ0n) is 7.84. The van der Waals surface area contributed by atoms with Gasteiger partial charge in [-0.2, -0.15) is 5.26 Å². The number of hydrogen-bond acceptors (Lipinski definition) is 3. The highest BCUT2D eigenvalue weighted by atomic mass is 16.1. The number of carbonyl (C=O) groups is 1. The van der Waals surface area contributed by atoms with Crippen molar-refractivity contribution in [1.82, 2.24) is 14.9 Å². The molecule has 5 heteroatoms. The van der Waals surface area contributed by atoms with E-state index in [0.717, 1.165) is 11.0 Å². The molecular formula is C10H8N4O. The Balaban J connectivity index is 2.29. The standard InChI is InChI=1S/C10H8N4O/c11-6-12-10(15)5-14-7-13-8-3-1-2-4-9(8)14/h1-4,7H,5H2,(H,12,15). The minimum absolute atomic E-state index is 0.105. The Morgan fingerprint density at radius 2 is 2.33 bits per heavy atom. The Kier molecular flexibility index (Phi) is 2.33. The fourth-order valence-corrected chi connectivity index (χ4v) is 1.39. The van der Waals surface area contributed by atoms with Crippen LogP contribution in [0.1, 0.15) is 0 Å². The lowest BCUT2D eigenvalue weighted by molar-refractivity contribution is -0.120. The second kappa shape index (κ2) is 3.80. The molecule has 2 rings (SSSR count). The predicted molar refractivity (Wildman–Crippen MR) is 53.5 cm³/mol. The highest BCUT2D eigenvalue weighted by Crippen LogP contribution is 2.10. The van der Waals surface area contributed by atoms with Crippen LogP contribution in [0.4, 0.5) is 0 Å². The van der Waals surface area contributed by atoms with Crippen LogP contribution in [0.5, 0.6) is 0 Å². The highest BCUT2D eigenvalue weighted by molar-refractivity contribution is 5.81. The molecule has 0 radical (unpaired) electrons. The third-order valence-electron chi connectivity index (χ3n) is 2.04. The smallest absolute Gasteiger partial charge is 0.252 e. The number of aromatic nitrogens is 2. The molecule has 0 atom stereocenters. The zero-order valence-corrected chi connectivity index (χ0v) is 7.84. The fraction of sp³-hybridized carbons (Fsp3) is 0.100. The van der Waals surface area contributed by atoms with E-state index in [9.17, 15) is 4.79 Å². The van der Waals surface area contributed by atoms with E-state index < -0.39 is 0 Å². The molecule has 1 heterocycles. The van der Waals surface area contributed by atoms with Crippen LogP contribution in [0.15, 0.2) is 30.6 Å². The van der Waals surface area contributed by atoms with Gasteiger partial charge >= 0.3 is 0 Å². The van der Waals surface area contributed by atoms with Gasteiger partial charge in [0.05, 0.1) is 17.4 Å². The second-order valence-corrected chi connectivity index (χ2v) is 3.02. The summed E-state index contributed by atoms with van der Waals surface area (Å²) >= 11 is 0. The Labute approximate surface area is 86.0 Å². The number of benzene rings is 1. The van der Waals surface area contributed by atoms with Gasteiger partial charge in [0, 0.05) is 0 Å². The number of amides is 1. The third kappa shape index (κ3) is 1.79. The van der Waals surface area contributed by atoms with Gasteiger partial charge in [-0.1, -0.05) is 12.1 Å². The summed E-state index contributed by atoms with van der Waals surface area (Å²) in [5.74, 6) is -0.347. The molecule has 0 fully saturated rings. The molecule has 15 heavy (non-hydrogen) atoms. The molecular weight excluding hydrogens is 192 g/mol. The van der Waals surface area contributed by atoms with Crippen LogP contribution in [-0.4, -0.2) is 15.5 Å². The van der Waals surface area contributed by atoms with Crippen molar-refractivity contribution in [1.29, 1.82) is 5.26 Å². The molecule has 0 aliphatic heterocycles. The van der Waals surface area contributed by atoms with Gasteiger partial charge in [0.2, 0.25) is 0 Å². The Morgan fingerprint density at radius 1 is 1.53 bits per heavy atom. The number of nitrogens with one attached hydrogen (secondary N) is 1. The molecule has 2 aromatic rings. The number of carbonyl (C=O) groups excluding carboxylic acids is 1. The lowest BCUT2D eigenvalue weighted by atomic mass is 10.3. The van der Waals surface area contributed by atoms with Crippen LogP contribution in [0.3, 0.4) is 0 Å². The van der Waals surface area contributed by atoms with Crippen molar-refractivity contribution in [3.63, 3.8) is 0 Å². The molecule has 0 bridgehead atoms. The molecule has 1 N–H and O–H groups in total. The summed E-state index contributed by atoms with van der Waals surface area (Å²) in [6, 6.07) is 7.51. The minimum atomic E-state index is -0.347. The normalized spacial score (nSPS) is 9.80. The maximum atomic E-state index is 11.2. The van der Waals surface area contributed by atoms with E-state index in [-0.39, 0.29) is 12.5 Å². The largest absolute Gasteiger partial charge is 0.321 e. The van der Waals surface area contributed by atoms with E-state index in [1.54, 1.807) is 17.1 Å². The Hall–Kier alpha value is -2.35. The van der Waals surface area contributed by atoms with Crippen molar-refractivity contribution in [2.75, 3.05) is 0 Å². The average Bonchev–Trinajstić information content (AvgIpc) is 2.62. The van der Waals surface area contributed by atoms with Crippen LogP contribution in [-0.2, 0) is 11.3 Å². The summed E-state index contributed by atoms with van der Waals surface area (Å²) in [7, 11) is 0. The molecule has 0 saturated carbocycles. The van der Waals surface area contributed by atoms with E-state index in [1.807, 2.05) is 24.3 Å². The van der Waals surface area contributed by atoms with Crippen LogP contribution in [0.2, 0.25) is 0 Å². The number of imidazole rings is 1. The summed E-state index contributed by atoms with van der Waals surface area (Å²) in [6.07, 6.45) is 3.18. The molecule has 0 spiro atoms. The van der Waals surface area contributed by atoms with Crippen LogP contribution < -0.4 is 5.32 Å². The van der Waals surface area contributed by atoms with Crippen LogP contribution in [0.25, 0.3) is 11.0 Å². The predicted octanol–water partition coefficient (Wildman–Crippen LogP) is 0.634. The van der Waals surface area contributed by atoms with Crippen molar-refractivity contribution in [3.05, 3.63) is 30.6 Å². The van der Waals surface area contributed by atoms with Gasteiger partial charge < -0.3 is 4.57 Å². The SMILES string of the molecule is N#CNC(=O)Cn1cnc2ccccc21. The summed E-state index contributed by atoms with van der Waals surface area (Å²) in [5.41, 5.74) is 1.72. The number of nitrogens with zero attached hydrogens (tertiary/aromatic N) is 3. The molecule has 0 saturated heterocycles. The van der Waals surface area contributed by atoms with Crippen molar-refractivity contribution in [2.24, 2.45) is 0 Å². The van der Waals surface area contributed by atoms with Gasteiger partial charge in [0.15, 0.2) is 6.19 Å². The maximum Gasteiger partial charge on any atom is 0.252 e. The first kappa shape index (κ1) is 9.21. The number of nitriles is 1. The molecule has 5 nitrogen and oxygen atoms in total. The van der Waals surface area contributed by atoms with E-state index in [4.69, 9.17) is 5.26 Å². The maximum absolute atomic E-state index is 11.2. The van der Waals surface area contributed by atoms with E-state index in [1.165, 1.54) is 0 Å². The molecule has 1 aromatic heterocycles. The van der Waals surface area contributed by atoms with Gasteiger partial charge in [0.25, 0.3) is 5.91 Å². The summed E-state index contributed by atoms with van der Waals surface area (Å²) in [4.78, 5) is 15.3. The van der Waals surface area contributed by atoms with Crippen LogP contribution in [0, 0.1) is 11.5 Å². The third-order valence-corrected chi connectivity index (χ3v) is 2.04. The van der Waals surface area contributed by atoms with E-state index in [0.29, 0.717) is 0 Å². The summed E-state index contributed by atoms with van der Waals surface area (Å²) in [6.45, 7) is 0.105. The fourth-order valence-electron chi connectivity index (χ4n) is 1.39. The van der Waals surface area contributed by atoms with Crippen LogP contribution >= 0.6 is 0 Å². The lowest BCUT2D eigenvalue weighted by Crippen LogP contribution is -2.22. The molecule has 0 aliphatic rings. The van der Waals surface area contributed by atoms with E-state index >= 15 is 0 Å². The monoisotopic (exact) mass is 200 g/mol. The molecule has 1 aromatic carbocycles. The lowest BCUT2D eigenvalue weighted by Gasteiger charge is -2.00. The first-order chi connectivity index (χ1) is 7.31. The summed E-state index contributed by atoms with van der Waals surface area (Å²) < 4.78 is 1.70. The van der Waals surface area contributed by atoms with Gasteiger partial charge in [-0.15, -0.1) is 0 Å². The zero-order chi connectivity index (χ0) is 10.7. The van der Waals surface area contributed by atoms with Crippen molar-refractivity contribution in [3.8, 4) is 6.19 Å². The van der Waals surface area contributed by atoms with Crippen molar-refractivity contribution < 1.29 is 4.79 Å². The molecule has 0 aliphatic carbocycles. The van der Waals surface area contributed by atoms with Gasteiger partial charge in [-0.3, -0.25) is 10.1 Å². The topological polar surface area (TPSA) is 70.7 Å². The first-order valence-corrected chi connectivity index (χ1v) is 4.39. The molecule has 74 valence electrons. The highest BCUT2D eigenvalue weighted by Gasteiger charge is 2.05. The molecule has 0 unspecified atom stereocenters. The van der Waals surface area contributed by atoms with Crippen molar-refractivity contribution in [2.45, 2.75) is 6.54 Å². The van der Waals surface area contributed by atoms with Crippen molar-refractivity contribution >= 4 is 16.9 Å². The second-order valence-electron chi connectivity index (χ2n) is 3.02. The quantitative estimate of drug-likeness (QED) is 0.571. The summed E-state index contributed by atoms with van der Waals surface area (Å²) in [5, 5.41) is 10.3. The minimum Gasteiger partial charge on any atom is -0.321 e. The van der Waals surface area contributed by atoms with Gasteiger partial charge in [-0.05, 0) is 12.1 Å². The van der Waals surface area contributed by atoms with E-state index in [2.05, 4.69) is 10.3 Å². The van der Waals surface area contributed by atoms with Gasteiger partial charge in [-0.25, -0.2) is 4.98 Å². The number of rotatable bonds is 2. The number of hydrogen-bond donors (Lipinski definition) is 1. The number of para-hydroxylation sites is 2. The average molecular weight is 200 g/mol. The molecule has 1 amide bonds.